The zero-order chi connectivity index (χ0) is 9.31. The minimum Gasteiger partial charge on any atom is -0.381 e. The van der Waals surface area contributed by atoms with Gasteiger partial charge < -0.3 is 10.5 Å². The van der Waals surface area contributed by atoms with E-state index in [9.17, 15) is 0 Å². The van der Waals surface area contributed by atoms with Gasteiger partial charge in [-0.05, 0) is 31.6 Å². The van der Waals surface area contributed by atoms with E-state index >= 15 is 0 Å². The van der Waals surface area contributed by atoms with E-state index in [4.69, 9.17) is 10.5 Å². The van der Waals surface area contributed by atoms with Gasteiger partial charge in [0.05, 0.1) is 6.61 Å². The Bertz CT molecular complexity index is 177. The van der Waals surface area contributed by atoms with Gasteiger partial charge in [0.2, 0.25) is 0 Å². The highest BCUT2D eigenvalue weighted by Crippen LogP contribution is 2.41. The zero-order valence-electron chi connectivity index (χ0n) is 8.59. The fraction of sp³-hybridized carbons (Fsp3) is 1.00. The Hall–Kier alpha value is -0.0800. The lowest BCUT2D eigenvalue weighted by Gasteiger charge is -2.39. The van der Waals surface area contributed by atoms with Gasteiger partial charge in [-0.15, -0.1) is 0 Å². The van der Waals surface area contributed by atoms with Gasteiger partial charge in [0.25, 0.3) is 0 Å². The predicted octanol–water partition coefficient (Wildman–Crippen LogP) is 1.93. The molecule has 2 rings (SSSR count). The van der Waals surface area contributed by atoms with Crippen molar-refractivity contribution < 1.29 is 4.74 Å². The van der Waals surface area contributed by atoms with Crippen LogP contribution in [-0.2, 0) is 4.74 Å². The molecular formula is C11H21NO. The topological polar surface area (TPSA) is 35.2 Å². The molecular weight excluding hydrogens is 162 g/mol. The Morgan fingerprint density at radius 2 is 2.15 bits per heavy atom. The quantitative estimate of drug-likeness (QED) is 0.674. The molecule has 2 fully saturated rings. The lowest BCUT2D eigenvalue weighted by molar-refractivity contribution is 0.0124. The second-order valence-electron chi connectivity index (χ2n) is 4.82. The number of hydrogen-bond acceptors (Lipinski definition) is 2. The van der Waals surface area contributed by atoms with E-state index in [1.54, 1.807) is 0 Å². The first-order chi connectivity index (χ1) is 6.23. The first-order valence-electron chi connectivity index (χ1n) is 5.60. The summed E-state index contributed by atoms with van der Waals surface area (Å²) < 4.78 is 5.53. The Morgan fingerprint density at radius 1 is 1.31 bits per heavy atom. The SMILES string of the molecule is CC1CCCC1(N)C1CCCOC1. The normalized spacial score (nSPS) is 46.6. The van der Waals surface area contributed by atoms with Crippen molar-refractivity contribution in [2.45, 2.75) is 44.6 Å². The molecule has 0 bridgehead atoms. The predicted molar refractivity (Wildman–Crippen MR) is 53.5 cm³/mol. The summed E-state index contributed by atoms with van der Waals surface area (Å²) in [6.07, 6.45) is 6.32. The molecule has 0 aromatic rings. The summed E-state index contributed by atoms with van der Waals surface area (Å²) in [5.74, 6) is 1.32. The van der Waals surface area contributed by atoms with Gasteiger partial charge in [0.15, 0.2) is 0 Å². The van der Waals surface area contributed by atoms with E-state index in [1.165, 1.54) is 32.1 Å². The van der Waals surface area contributed by atoms with Crippen molar-refractivity contribution in [3.63, 3.8) is 0 Å². The molecule has 3 unspecified atom stereocenters. The van der Waals surface area contributed by atoms with Crippen LogP contribution in [-0.4, -0.2) is 18.8 Å². The molecule has 2 aliphatic rings. The van der Waals surface area contributed by atoms with E-state index in [1.807, 2.05) is 0 Å². The van der Waals surface area contributed by atoms with E-state index in [-0.39, 0.29) is 5.54 Å². The van der Waals surface area contributed by atoms with Crippen LogP contribution < -0.4 is 5.73 Å². The monoisotopic (exact) mass is 183 g/mol. The van der Waals surface area contributed by atoms with Crippen LogP contribution in [0.4, 0.5) is 0 Å². The molecule has 13 heavy (non-hydrogen) atoms. The van der Waals surface area contributed by atoms with Crippen LogP contribution >= 0.6 is 0 Å². The average Bonchev–Trinajstić information content (AvgIpc) is 2.50. The zero-order valence-corrected chi connectivity index (χ0v) is 8.59. The van der Waals surface area contributed by atoms with Crippen LogP contribution in [0, 0.1) is 11.8 Å². The molecule has 2 nitrogen and oxygen atoms in total. The molecule has 1 aliphatic heterocycles. The Balaban J connectivity index is 2.03. The fourth-order valence-electron chi connectivity index (χ4n) is 3.00. The second-order valence-corrected chi connectivity index (χ2v) is 4.82. The number of hydrogen-bond donors (Lipinski definition) is 1. The minimum atomic E-state index is 0.0976. The molecule has 2 heteroatoms. The third kappa shape index (κ3) is 1.62. The molecule has 2 N–H and O–H groups in total. The molecule has 0 radical (unpaired) electrons. The van der Waals surface area contributed by atoms with Crippen molar-refractivity contribution in [2.24, 2.45) is 17.6 Å². The highest BCUT2D eigenvalue weighted by atomic mass is 16.5. The largest absolute Gasteiger partial charge is 0.381 e. The maximum Gasteiger partial charge on any atom is 0.0511 e. The number of ether oxygens (including phenoxy) is 1. The summed E-state index contributed by atoms with van der Waals surface area (Å²) >= 11 is 0. The van der Waals surface area contributed by atoms with E-state index in [2.05, 4.69) is 6.92 Å². The van der Waals surface area contributed by atoms with Crippen LogP contribution in [0.3, 0.4) is 0 Å². The van der Waals surface area contributed by atoms with Crippen molar-refractivity contribution in [3.8, 4) is 0 Å². The van der Waals surface area contributed by atoms with Crippen LogP contribution in [0.25, 0.3) is 0 Å². The summed E-state index contributed by atoms with van der Waals surface area (Å²) in [4.78, 5) is 0. The lowest BCUT2D eigenvalue weighted by Crippen LogP contribution is -2.52. The summed E-state index contributed by atoms with van der Waals surface area (Å²) in [7, 11) is 0. The van der Waals surface area contributed by atoms with Gasteiger partial charge in [0.1, 0.15) is 0 Å². The first kappa shape index (κ1) is 9.47. The highest BCUT2D eigenvalue weighted by molar-refractivity contribution is 5.00. The van der Waals surface area contributed by atoms with E-state index in [0.29, 0.717) is 11.8 Å². The van der Waals surface area contributed by atoms with Gasteiger partial charge in [-0.25, -0.2) is 0 Å². The molecule has 76 valence electrons. The van der Waals surface area contributed by atoms with Gasteiger partial charge >= 0.3 is 0 Å². The molecule has 0 aromatic carbocycles. The van der Waals surface area contributed by atoms with E-state index < -0.39 is 0 Å². The summed E-state index contributed by atoms with van der Waals surface area (Å²) in [6, 6.07) is 0. The first-order valence-corrected chi connectivity index (χ1v) is 5.60. The van der Waals surface area contributed by atoms with Crippen molar-refractivity contribution >= 4 is 0 Å². The van der Waals surface area contributed by atoms with Crippen molar-refractivity contribution in [1.29, 1.82) is 0 Å². The van der Waals surface area contributed by atoms with Crippen LogP contribution in [0.2, 0.25) is 0 Å². The van der Waals surface area contributed by atoms with Crippen LogP contribution in [0.5, 0.6) is 0 Å². The molecule has 0 spiro atoms. The third-order valence-corrected chi connectivity index (χ3v) is 4.08. The van der Waals surface area contributed by atoms with Gasteiger partial charge in [-0.3, -0.25) is 0 Å². The third-order valence-electron chi connectivity index (χ3n) is 4.08. The fourth-order valence-corrected chi connectivity index (χ4v) is 3.00. The standard InChI is InChI=1S/C11H21NO/c1-9-4-2-6-11(9,12)10-5-3-7-13-8-10/h9-10H,2-8,12H2,1H3. The van der Waals surface area contributed by atoms with Crippen LogP contribution in [0.15, 0.2) is 0 Å². The summed E-state index contributed by atoms with van der Waals surface area (Å²) in [6.45, 7) is 4.16. The summed E-state index contributed by atoms with van der Waals surface area (Å²) in [5, 5.41) is 0. The number of rotatable bonds is 1. The lowest BCUT2D eigenvalue weighted by atomic mass is 9.75. The Labute approximate surface area is 80.8 Å². The van der Waals surface area contributed by atoms with Crippen molar-refractivity contribution in [1.82, 2.24) is 0 Å². The van der Waals surface area contributed by atoms with Gasteiger partial charge in [-0.2, -0.15) is 0 Å². The molecule has 1 heterocycles. The molecule has 1 aliphatic carbocycles. The molecule has 0 amide bonds. The van der Waals surface area contributed by atoms with Crippen LogP contribution in [0.1, 0.15) is 39.0 Å². The van der Waals surface area contributed by atoms with Crippen molar-refractivity contribution in [3.05, 3.63) is 0 Å². The average molecular weight is 183 g/mol. The van der Waals surface area contributed by atoms with Gasteiger partial charge in [0, 0.05) is 18.1 Å². The molecule has 3 atom stereocenters. The van der Waals surface area contributed by atoms with Crippen molar-refractivity contribution in [2.75, 3.05) is 13.2 Å². The minimum absolute atomic E-state index is 0.0976. The summed E-state index contributed by atoms with van der Waals surface area (Å²) in [5.41, 5.74) is 6.59. The highest BCUT2D eigenvalue weighted by Gasteiger charge is 2.43. The Morgan fingerprint density at radius 3 is 2.69 bits per heavy atom. The molecule has 1 saturated carbocycles. The van der Waals surface area contributed by atoms with Gasteiger partial charge in [-0.1, -0.05) is 13.3 Å². The second kappa shape index (κ2) is 3.58. The van der Waals surface area contributed by atoms with E-state index in [0.717, 1.165) is 13.2 Å². The number of nitrogens with two attached hydrogens (primary N) is 1. The molecule has 0 aromatic heterocycles. The Kier molecular flexibility index (Phi) is 2.61. The smallest absolute Gasteiger partial charge is 0.0511 e. The maximum absolute atomic E-state index is 6.50. The maximum atomic E-state index is 6.50. The molecule has 1 saturated heterocycles.